The summed E-state index contributed by atoms with van der Waals surface area (Å²) >= 11 is 0. The molecule has 22 heavy (non-hydrogen) atoms. The van der Waals surface area contributed by atoms with Crippen molar-refractivity contribution in [3.8, 4) is 0 Å². The molecule has 2 heteroatoms. The van der Waals surface area contributed by atoms with Crippen molar-refractivity contribution in [2.75, 3.05) is 27.2 Å². The fourth-order valence-electron chi connectivity index (χ4n) is 5.22. The summed E-state index contributed by atoms with van der Waals surface area (Å²) in [4.78, 5) is 2.54. The molecule has 2 aliphatic rings. The summed E-state index contributed by atoms with van der Waals surface area (Å²) in [6.45, 7) is 2.40. The molecule has 0 radical (unpaired) electrons. The van der Waals surface area contributed by atoms with Crippen LogP contribution in [0.25, 0.3) is 0 Å². The van der Waals surface area contributed by atoms with E-state index in [-0.39, 0.29) is 0 Å². The minimum absolute atomic E-state index is 0.354. The van der Waals surface area contributed by atoms with E-state index in [1.807, 2.05) is 0 Å². The van der Waals surface area contributed by atoms with Crippen molar-refractivity contribution in [2.45, 2.75) is 56.4 Å². The number of rotatable bonds is 4. The first-order valence-corrected chi connectivity index (χ1v) is 9.17. The van der Waals surface area contributed by atoms with E-state index in [1.54, 1.807) is 5.56 Å². The molecule has 2 atom stereocenters. The lowest BCUT2D eigenvalue weighted by Crippen LogP contribution is -2.56. The van der Waals surface area contributed by atoms with Gasteiger partial charge in [0.1, 0.15) is 0 Å². The van der Waals surface area contributed by atoms with E-state index >= 15 is 0 Å². The van der Waals surface area contributed by atoms with Crippen molar-refractivity contribution in [1.29, 1.82) is 0 Å². The number of hydrogen-bond donors (Lipinski definition) is 1. The second-order valence-electron chi connectivity index (χ2n) is 7.60. The van der Waals surface area contributed by atoms with Gasteiger partial charge in [-0.3, -0.25) is 0 Å². The first-order chi connectivity index (χ1) is 10.7. The Bertz CT molecular complexity index is 442. The van der Waals surface area contributed by atoms with E-state index in [2.05, 4.69) is 54.6 Å². The summed E-state index contributed by atoms with van der Waals surface area (Å²) in [5.41, 5.74) is 1.94. The topological polar surface area (TPSA) is 15.3 Å². The summed E-state index contributed by atoms with van der Waals surface area (Å²) in [6.07, 6.45) is 9.62. The van der Waals surface area contributed by atoms with Gasteiger partial charge in [-0.05, 0) is 64.3 Å². The number of likely N-dealkylation sites (N-methyl/N-ethyl adjacent to an activating group) is 1. The highest BCUT2D eigenvalue weighted by Crippen LogP contribution is 2.46. The molecule has 0 aromatic heterocycles. The normalized spacial score (nSPS) is 26.8. The molecule has 1 aromatic rings. The summed E-state index contributed by atoms with van der Waals surface area (Å²) in [5, 5.41) is 3.65. The highest BCUT2D eigenvalue weighted by molar-refractivity contribution is 5.29. The maximum atomic E-state index is 3.65. The molecule has 1 heterocycles. The predicted octanol–water partition coefficient (Wildman–Crippen LogP) is 3.82. The van der Waals surface area contributed by atoms with Gasteiger partial charge in [-0.2, -0.15) is 0 Å². The van der Waals surface area contributed by atoms with Crippen LogP contribution in [0.1, 0.15) is 50.5 Å². The molecule has 0 spiro atoms. The van der Waals surface area contributed by atoms with E-state index in [4.69, 9.17) is 0 Å². The van der Waals surface area contributed by atoms with Gasteiger partial charge in [-0.15, -0.1) is 0 Å². The molecule has 1 aliphatic heterocycles. The predicted molar refractivity (Wildman–Crippen MR) is 94.3 cm³/mol. The van der Waals surface area contributed by atoms with Crippen LogP contribution in [-0.2, 0) is 5.41 Å². The molecule has 1 saturated heterocycles. The number of hydrogen-bond acceptors (Lipinski definition) is 2. The highest BCUT2D eigenvalue weighted by Gasteiger charge is 2.45. The van der Waals surface area contributed by atoms with Crippen LogP contribution < -0.4 is 5.32 Å². The Kier molecular flexibility index (Phi) is 5.20. The van der Waals surface area contributed by atoms with Gasteiger partial charge < -0.3 is 10.2 Å². The van der Waals surface area contributed by atoms with Crippen molar-refractivity contribution in [3.63, 3.8) is 0 Å². The summed E-state index contributed by atoms with van der Waals surface area (Å²) < 4.78 is 0. The zero-order chi connectivity index (χ0) is 15.4. The van der Waals surface area contributed by atoms with E-state index in [1.165, 1.54) is 58.0 Å². The quantitative estimate of drug-likeness (QED) is 0.909. The maximum absolute atomic E-state index is 3.65. The van der Waals surface area contributed by atoms with Gasteiger partial charge in [0, 0.05) is 11.5 Å². The second-order valence-corrected chi connectivity index (χ2v) is 7.60. The fraction of sp³-hybridized carbons (Fsp3) is 0.700. The minimum Gasteiger partial charge on any atom is -0.316 e. The zero-order valence-electron chi connectivity index (χ0n) is 14.4. The monoisotopic (exact) mass is 300 g/mol. The Hall–Kier alpha value is -0.860. The zero-order valence-corrected chi connectivity index (χ0v) is 14.4. The Balaban J connectivity index is 1.98. The average molecular weight is 300 g/mol. The van der Waals surface area contributed by atoms with Gasteiger partial charge in [0.15, 0.2) is 0 Å². The standard InChI is InChI=1S/C20H32N2/c1-22(2)19(17-10-9-15-21-16-17)20(13-7-4-8-14-20)18-11-5-3-6-12-18/h3,5-6,11-12,17,19,21H,4,7-10,13-16H2,1-2H3. The number of benzene rings is 1. The molecule has 2 unspecified atom stereocenters. The third-order valence-corrected chi connectivity index (χ3v) is 6.00. The molecule has 3 rings (SSSR count). The van der Waals surface area contributed by atoms with Crippen LogP contribution in [0.2, 0.25) is 0 Å². The van der Waals surface area contributed by atoms with E-state index in [0.717, 1.165) is 5.92 Å². The lowest BCUT2D eigenvalue weighted by Gasteiger charge is -2.51. The smallest absolute Gasteiger partial charge is 0.0226 e. The largest absolute Gasteiger partial charge is 0.316 e. The molecule has 1 aromatic carbocycles. The number of nitrogens with zero attached hydrogens (tertiary/aromatic N) is 1. The first kappa shape index (κ1) is 16.0. The van der Waals surface area contributed by atoms with E-state index < -0.39 is 0 Å². The van der Waals surface area contributed by atoms with Crippen LogP contribution in [0.5, 0.6) is 0 Å². The third-order valence-electron chi connectivity index (χ3n) is 6.00. The molecule has 2 fully saturated rings. The van der Waals surface area contributed by atoms with Gasteiger partial charge in [0.2, 0.25) is 0 Å². The molecular weight excluding hydrogens is 268 g/mol. The molecule has 1 saturated carbocycles. The highest BCUT2D eigenvalue weighted by atomic mass is 15.1. The average Bonchev–Trinajstić information content (AvgIpc) is 2.57. The molecule has 0 bridgehead atoms. The van der Waals surface area contributed by atoms with Crippen LogP contribution >= 0.6 is 0 Å². The van der Waals surface area contributed by atoms with E-state index in [9.17, 15) is 0 Å². The van der Waals surface area contributed by atoms with Crippen molar-refractivity contribution < 1.29 is 0 Å². The molecule has 0 amide bonds. The summed E-state index contributed by atoms with van der Waals surface area (Å²) in [6, 6.07) is 12.1. The van der Waals surface area contributed by atoms with Crippen LogP contribution in [0, 0.1) is 5.92 Å². The van der Waals surface area contributed by atoms with Crippen molar-refractivity contribution in [3.05, 3.63) is 35.9 Å². The van der Waals surface area contributed by atoms with Crippen LogP contribution in [0.3, 0.4) is 0 Å². The fourth-order valence-corrected chi connectivity index (χ4v) is 5.22. The van der Waals surface area contributed by atoms with Gasteiger partial charge in [-0.1, -0.05) is 49.6 Å². The second kappa shape index (κ2) is 7.14. The van der Waals surface area contributed by atoms with Crippen molar-refractivity contribution in [1.82, 2.24) is 10.2 Å². The van der Waals surface area contributed by atoms with Crippen molar-refractivity contribution >= 4 is 0 Å². The Morgan fingerprint density at radius 3 is 2.36 bits per heavy atom. The number of nitrogens with one attached hydrogen (secondary N) is 1. The van der Waals surface area contributed by atoms with Crippen LogP contribution in [0.4, 0.5) is 0 Å². The van der Waals surface area contributed by atoms with Gasteiger partial charge in [-0.25, -0.2) is 0 Å². The Labute approximate surface area is 136 Å². The molecular formula is C20H32N2. The Morgan fingerprint density at radius 2 is 1.77 bits per heavy atom. The summed E-state index contributed by atoms with van der Waals surface area (Å²) in [7, 11) is 4.61. The SMILES string of the molecule is CN(C)C(C1CCCNC1)C1(c2ccccc2)CCCCC1. The van der Waals surface area contributed by atoms with Crippen molar-refractivity contribution in [2.24, 2.45) is 5.92 Å². The lowest BCUT2D eigenvalue weighted by molar-refractivity contribution is 0.0682. The maximum Gasteiger partial charge on any atom is 0.0226 e. The van der Waals surface area contributed by atoms with Crippen LogP contribution in [0.15, 0.2) is 30.3 Å². The number of piperidine rings is 1. The molecule has 1 N–H and O–H groups in total. The first-order valence-electron chi connectivity index (χ1n) is 9.17. The van der Waals surface area contributed by atoms with Gasteiger partial charge >= 0.3 is 0 Å². The van der Waals surface area contributed by atoms with Gasteiger partial charge in [0.25, 0.3) is 0 Å². The summed E-state index contributed by atoms with van der Waals surface area (Å²) in [5.74, 6) is 0.780. The third kappa shape index (κ3) is 3.09. The van der Waals surface area contributed by atoms with Crippen LogP contribution in [-0.4, -0.2) is 38.1 Å². The van der Waals surface area contributed by atoms with E-state index in [0.29, 0.717) is 11.5 Å². The molecule has 2 nitrogen and oxygen atoms in total. The molecule has 1 aliphatic carbocycles. The minimum atomic E-state index is 0.354. The Morgan fingerprint density at radius 1 is 1.05 bits per heavy atom. The molecule has 122 valence electrons. The van der Waals surface area contributed by atoms with Gasteiger partial charge in [0.05, 0.1) is 0 Å². The lowest BCUT2D eigenvalue weighted by atomic mass is 9.60.